The standard InChI is InChI=1S/C21H24N4O5/c1-14(2)23-20(27)21(28)25-22-12-15-9-10-17(18(11-15)29-3)30-13-19(26)24-16-7-5-4-6-8-16/h4-12,14H,13H2,1-3H3,(H,23,27)(H,24,26)(H,25,28)/b22-12-. The molecule has 0 aliphatic carbocycles. The second kappa shape index (κ2) is 11.2. The number of nitrogens with one attached hydrogen (secondary N) is 3. The number of benzene rings is 2. The van der Waals surface area contributed by atoms with Gasteiger partial charge in [-0.1, -0.05) is 18.2 Å². The van der Waals surface area contributed by atoms with Crippen molar-refractivity contribution in [1.82, 2.24) is 10.7 Å². The first-order valence-electron chi connectivity index (χ1n) is 9.18. The molecule has 0 aliphatic heterocycles. The molecule has 30 heavy (non-hydrogen) atoms. The molecule has 0 radical (unpaired) electrons. The van der Waals surface area contributed by atoms with Gasteiger partial charge in [0.05, 0.1) is 13.3 Å². The number of methoxy groups -OCH3 is 1. The molecule has 0 spiro atoms. The highest BCUT2D eigenvalue weighted by molar-refractivity contribution is 6.35. The lowest BCUT2D eigenvalue weighted by atomic mass is 10.2. The van der Waals surface area contributed by atoms with E-state index in [4.69, 9.17) is 9.47 Å². The summed E-state index contributed by atoms with van der Waals surface area (Å²) in [5.74, 6) is -1.18. The molecule has 2 aromatic rings. The van der Waals surface area contributed by atoms with Gasteiger partial charge in [-0.05, 0) is 49.7 Å². The summed E-state index contributed by atoms with van der Waals surface area (Å²) in [6, 6.07) is 13.8. The van der Waals surface area contributed by atoms with Crippen LogP contribution >= 0.6 is 0 Å². The summed E-state index contributed by atoms with van der Waals surface area (Å²) >= 11 is 0. The first-order valence-corrected chi connectivity index (χ1v) is 9.18. The van der Waals surface area contributed by atoms with Gasteiger partial charge in [0.25, 0.3) is 5.91 Å². The molecule has 2 aromatic carbocycles. The average molecular weight is 412 g/mol. The fraction of sp³-hybridized carbons (Fsp3) is 0.238. The Balaban J connectivity index is 1.91. The van der Waals surface area contributed by atoms with E-state index in [9.17, 15) is 14.4 Å². The van der Waals surface area contributed by atoms with E-state index in [0.29, 0.717) is 22.7 Å². The summed E-state index contributed by atoms with van der Waals surface area (Å²) in [5.41, 5.74) is 3.41. The van der Waals surface area contributed by atoms with Crippen LogP contribution in [0.25, 0.3) is 0 Å². The van der Waals surface area contributed by atoms with Gasteiger partial charge >= 0.3 is 11.8 Å². The molecule has 0 aromatic heterocycles. The van der Waals surface area contributed by atoms with Crippen molar-refractivity contribution in [2.45, 2.75) is 19.9 Å². The normalized spacial score (nSPS) is 10.5. The number of amides is 3. The summed E-state index contributed by atoms with van der Waals surface area (Å²) in [6.45, 7) is 3.30. The molecule has 9 heteroatoms. The Morgan fingerprint density at radius 2 is 1.77 bits per heavy atom. The number of anilines is 1. The molecule has 0 saturated heterocycles. The fourth-order valence-electron chi connectivity index (χ4n) is 2.29. The summed E-state index contributed by atoms with van der Waals surface area (Å²) in [7, 11) is 1.46. The molecule has 0 atom stereocenters. The molecule has 9 nitrogen and oxygen atoms in total. The van der Waals surface area contributed by atoms with Crippen molar-refractivity contribution < 1.29 is 23.9 Å². The van der Waals surface area contributed by atoms with Crippen molar-refractivity contribution in [1.29, 1.82) is 0 Å². The van der Waals surface area contributed by atoms with E-state index in [1.54, 1.807) is 44.2 Å². The van der Waals surface area contributed by atoms with Crippen LogP contribution in [0.4, 0.5) is 5.69 Å². The van der Waals surface area contributed by atoms with Crippen LogP contribution in [-0.2, 0) is 14.4 Å². The van der Waals surface area contributed by atoms with Crippen molar-refractivity contribution >= 4 is 29.6 Å². The number of nitrogens with zero attached hydrogens (tertiary/aromatic N) is 1. The van der Waals surface area contributed by atoms with Crippen molar-refractivity contribution in [3.05, 3.63) is 54.1 Å². The van der Waals surface area contributed by atoms with E-state index < -0.39 is 11.8 Å². The molecular weight excluding hydrogens is 388 g/mol. The minimum Gasteiger partial charge on any atom is -0.493 e. The third kappa shape index (κ3) is 7.27. The van der Waals surface area contributed by atoms with Crippen LogP contribution in [0.2, 0.25) is 0 Å². The summed E-state index contributed by atoms with van der Waals surface area (Å²) < 4.78 is 10.8. The molecule has 3 amide bonds. The number of hydrogen-bond acceptors (Lipinski definition) is 6. The number of hydrazone groups is 1. The maximum atomic E-state index is 12.0. The molecule has 0 aliphatic rings. The Morgan fingerprint density at radius 3 is 2.43 bits per heavy atom. The first kappa shape index (κ1) is 22.4. The van der Waals surface area contributed by atoms with Gasteiger partial charge in [0.1, 0.15) is 0 Å². The maximum absolute atomic E-state index is 12.0. The minimum absolute atomic E-state index is 0.154. The molecule has 3 N–H and O–H groups in total. The molecule has 158 valence electrons. The predicted octanol–water partition coefficient (Wildman–Crippen LogP) is 1.69. The second-order valence-corrected chi connectivity index (χ2v) is 6.44. The van der Waals surface area contributed by atoms with Crippen LogP contribution in [0.15, 0.2) is 53.6 Å². The highest BCUT2D eigenvalue weighted by Crippen LogP contribution is 2.27. The van der Waals surface area contributed by atoms with Crippen LogP contribution in [0.3, 0.4) is 0 Å². The lowest BCUT2D eigenvalue weighted by Crippen LogP contribution is -2.41. The molecule has 0 fully saturated rings. The van der Waals surface area contributed by atoms with Gasteiger partial charge in [-0.25, -0.2) is 5.43 Å². The zero-order valence-corrected chi connectivity index (χ0v) is 17.0. The van der Waals surface area contributed by atoms with Gasteiger partial charge in [0.15, 0.2) is 18.1 Å². The van der Waals surface area contributed by atoms with E-state index in [0.717, 1.165) is 0 Å². The van der Waals surface area contributed by atoms with Crippen molar-refractivity contribution in [3.8, 4) is 11.5 Å². The van der Waals surface area contributed by atoms with Gasteiger partial charge in [-0.3, -0.25) is 14.4 Å². The Labute approximate surface area is 174 Å². The molecule has 0 heterocycles. The molecule has 0 unspecified atom stereocenters. The Kier molecular flexibility index (Phi) is 8.37. The van der Waals surface area contributed by atoms with E-state index in [2.05, 4.69) is 21.2 Å². The highest BCUT2D eigenvalue weighted by Gasteiger charge is 2.13. The average Bonchev–Trinajstić information content (AvgIpc) is 2.72. The lowest BCUT2D eigenvalue weighted by molar-refractivity contribution is -0.139. The lowest BCUT2D eigenvalue weighted by Gasteiger charge is -2.11. The zero-order valence-electron chi connectivity index (χ0n) is 17.0. The number of ether oxygens (including phenoxy) is 2. The largest absolute Gasteiger partial charge is 0.493 e. The van der Waals surface area contributed by atoms with E-state index in [1.165, 1.54) is 13.3 Å². The monoisotopic (exact) mass is 412 g/mol. The first-order chi connectivity index (χ1) is 14.4. The van der Waals surface area contributed by atoms with Crippen LogP contribution < -0.4 is 25.5 Å². The number of carbonyl (C=O) groups is 3. The predicted molar refractivity (Wildman–Crippen MR) is 113 cm³/mol. The third-order valence-electron chi connectivity index (χ3n) is 3.61. The fourth-order valence-corrected chi connectivity index (χ4v) is 2.29. The number of para-hydroxylation sites is 1. The zero-order chi connectivity index (χ0) is 21.9. The van der Waals surface area contributed by atoms with Gasteiger partial charge in [0.2, 0.25) is 0 Å². The smallest absolute Gasteiger partial charge is 0.329 e. The summed E-state index contributed by atoms with van der Waals surface area (Å²) in [4.78, 5) is 35.1. The third-order valence-corrected chi connectivity index (χ3v) is 3.61. The summed E-state index contributed by atoms with van der Waals surface area (Å²) in [5, 5.41) is 8.93. The minimum atomic E-state index is -0.865. The number of hydrogen-bond donors (Lipinski definition) is 3. The molecule has 2 rings (SSSR count). The Morgan fingerprint density at radius 1 is 1.03 bits per heavy atom. The van der Waals surface area contributed by atoms with Crippen LogP contribution in [0.1, 0.15) is 19.4 Å². The molecular formula is C21H24N4O5. The van der Waals surface area contributed by atoms with Crippen LogP contribution in [0.5, 0.6) is 11.5 Å². The molecule has 0 bridgehead atoms. The van der Waals surface area contributed by atoms with E-state index >= 15 is 0 Å². The van der Waals surface area contributed by atoms with Crippen LogP contribution in [0, 0.1) is 0 Å². The number of rotatable bonds is 8. The number of carbonyl (C=O) groups excluding carboxylic acids is 3. The summed E-state index contributed by atoms with van der Waals surface area (Å²) in [6.07, 6.45) is 1.36. The van der Waals surface area contributed by atoms with E-state index in [1.807, 2.05) is 18.2 Å². The SMILES string of the molecule is COc1cc(/C=N\NC(=O)C(=O)NC(C)C)ccc1OCC(=O)Nc1ccccc1. The Hall–Kier alpha value is -3.88. The van der Waals surface area contributed by atoms with Gasteiger partial charge in [-0.15, -0.1) is 0 Å². The van der Waals surface area contributed by atoms with Gasteiger partial charge < -0.3 is 20.1 Å². The van der Waals surface area contributed by atoms with Crippen molar-refractivity contribution in [3.63, 3.8) is 0 Å². The topological polar surface area (TPSA) is 118 Å². The Bertz CT molecular complexity index is 913. The van der Waals surface area contributed by atoms with Gasteiger partial charge in [-0.2, -0.15) is 5.10 Å². The van der Waals surface area contributed by atoms with E-state index in [-0.39, 0.29) is 18.6 Å². The van der Waals surface area contributed by atoms with Crippen molar-refractivity contribution in [2.24, 2.45) is 5.10 Å². The maximum Gasteiger partial charge on any atom is 0.329 e. The quantitative estimate of drug-likeness (QED) is 0.346. The van der Waals surface area contributed by atoms with Gasteiger partial charge in [0, 0.05) is 11.7 Å². The highest BCUT2D eigenvalue weighted by atomic mass is 16.5. The van der Waals surface area contributed by atoms with Crippen molar-refractivity contribution in [2.75, 3.05) is 19.0 Å². The second-order valence-electron chi connectivity index (χ2n) is 6.44. The van der Waals surface area contributed by atoms with Crippen LogP contribution in [-0.4, -0.2) is 43.7 Å². The molecule has 0 saturated carbocycles.